The number of nitrogens with zero attached hydrogens (tertiary/aromatic N) is 1. The Morgan fingerprint density at radius 2 is 2.04 bits per heavy atom. The summed E-state index contributed by atoms with van der Waals surface area (Å²) in [4.78, 5) is 17.6. The minimum absolute atomic E-state index is 0. The Bertz CT molecular complexity index is 649. The number of aromatic amines is 1. The lowest BCUT2D eigenvalue weighted by Gasteiger charge is -2.24. The van der Waals surface area contributed by atoms with Crippen LogP contribution in [0.15, 0.2) is 30.5 Å². The van der Waals surface area contributed by atoms with Gasteiger partial charge >= 0.3 is 0 Å². The number of carbonyl (C=O) groups excluding carboxylic acids is 1. The maximum atomic E-state index is 12.5. The fourth-order valence-corrected chi connectivity index (χ4v) is 3.58. The number of nitrogens with one attached hydrogen (secondary N) is 1. The second-order valence-electron chi connectivity index (χ2n) is 6.54. The number of hydrogen-bond acceptors (Lipinski definition) is 2. The van der Waals surface area contributed by atoms with E-state index in [0.717, 1.165) is 23.0 Å². The Labute approximate surface area is 143 Å². The lowest BCUT2D eigenvalue weighted by Crippen LogP contribution is -2.44. The fraction of sp³-hybridized carbons (Fsp3) is 0.500. The van der Waals surface area contributed by atoms with E-state index in [4.69, 9.17) is 5.73 Å². The summed E-state index contributed by atoms with van der Waals surface area (Å²) in [5.41, 5.74) is 8.38. The minimum Gasteiger partial charge on any atom is -0.361 e. The number of halogens is 1. The van der Waals surface area contributed by atoms with E-state index in [9.17, 15) is 4.79 Å². The Kier molecular flexibility index (Phi) is 6.08. The predicted octanol–water partition coefficient (Wildman–Crippen LogP) is 3.11. The summed E-state index contributed by atoms with van der Waals surface area (Å²) in [5.74, 6) is 0.714. The molecule has 5 heteroatoms. The first-order chi connectivity index (χ1) is 10.6. The van der Waals surface area contributed by atoms with Crippen LogP contribution in [-0.4, -0.2) is 35.4 Å². The second-order valence-corrected chi connectivity index (χ2v) is 6.54. The van der Waals surface area contributed by atoms with E-state index < -0.39 is 6.04 Å². The van der Waals surface area contributed by atoms with Crippen LogP contribution in [0.5, 0.6) is 0 Å². The van der Waals surface area contributed by atoms with Gasteiger partial charge in [-0.1, -0.05) is 31.0 Å². The van der Waals surface area contributed by atoms with Crippen molar-refractivity contribution in [2.45, 2.75) is 38.1 Å². The number of amides is 1. The Hall–Kier alpha value is -1.52. The standard InChI is InChI=1S/C18H25N3O.ClH/c1-21(12-13-6-2-3-7-13)18(22)16(19)10-14-11-20-17-9-5-4-8-15(14)17;/h4-5,8-9,11,13,16,20H,2-3,6-7,10,12,19H2,1H3;1H/t16-;/m0./s1. The minimum atomic E-state index is -0.467. The van der Waals surface area contributed by atoms with Gasteiger partial charge < -0.3 is 15.6 Å². The first kappa shape index (κ1) is 17.8. The molecule has 1 heterocycles. The number of fused-ring (bicyclic) bond motifs is 1. The molecule has 1 aliphatic rings. The molecule has 0 spiro atoms. The first-order valence-electron chi connectivity index (χ1n) is 8.20. The topological polar surface area (TPSA) is 62.1 Å². The highest BCUT2D eigenvalue weighted by Crippen LogP contribution is 2.25. The van der Waals surface area contributed by atoms with Crippen molar-refractivity contribution in [2.75, 3.05) is 13.6 Å². The molecule has 3 rings (SSSR count). The van der Waals surface area contributed by atoms with E-state index in [1.54, 1.807) is 0 Å². The van der Waals surface area contributed by atoms with Gasteiger partial charge in [0.25, 0.3) is 0 Å². The molecular weight excluding hydrogens is 310 g/mol. The summed E-state index contributed by atoms with van der Waals surface area (Å²) >= 11 is 0. The van der Waals surface area contributed by atoms with Crippen LogP contribution in [0.3, 0.4) is 0 Å². The molecule has 0 aliphatic heterocycles. The molecule has 0 radical (unpaired) electrons. The first-order valence-corrected chi connectivity index (χ1v) is 8.20. The van der Waals surface area contributed by atoms with Crippen LogP contribution in [0.25, 0.3) is 10.9 Å². The number of para-hydroxylation sites is 1. The highest BCUT2D eigenvalue weighted by Gasteiger charge is 2.23. The van der Waals surface area contributed by atoms with E-state index in [1.165, 1.54) is 25.7 Å². The third-order valence-corrected chi connectivity index (χ3v) is 4.81. The van der Waals surface area contributed by atoms with E-state index in [1.807, 2.05) is 36.3 Å². The lowest BCUT2D eigenvalue weighted by atomic mass is 10.0. The molecule has 0 bridgehead atoms. The summed E-state index contributed by atoms with van der Waals surface area (Å²) < 4.78 is 0. The van der Waals surface area contributed by atoms with Gasteiger partial charge in [0, 0.05) is 30.7 Å². The molecular formula is C18H26ClN3O. The molecule has 1 fully saturated rings. The average Bonchev–Trinajstić information content (AvgIpc) is 3.17. The molecule has 0 unspecified atom stereocenters. The van der Waals surface area contributed by atoms with Crippen molar-refractivity contribution in [2.24, 2.45) is 11.7 Å². The number of aromatic nitrogens is 1. The van der Waals surface area contributed by atoms with E-state index in [0.29, 0.717) is 12.3 Å². The maximum Gasteiger partial charge on any atom is 0.239 e. The molecule has 1 atom stereocenters. The molecule has 1 aromatic carbocycles. The predicted molar refractivity (Wildman–Crippen MR) is 96.8 cm³/mol. The van der Waals surface area contributed by atoms with Crippen molar-refractivity contribution in [1.82, 2.24) is 9.88 Å². The molecule has 4 nitrogen and oxygen atoms in total. The summed E-state index contributed by atoms with van der Waals surface area (Å²) in [6.45, 7) is 0.848. The average molecular weight is 336 g/mol. The lowest BCUT2D eigenvalue weighted by molar-refractivity contribution is -0.131. The zero-order valence-electron chi connectivity index (χ0n) is 13.6. The van der Waals surface area contributed by atoms with Crippen molar-refractivity contribution in [3.8, 4) is 0 Å². The molecule has 23 heavy (non-hydrogen) atoms. The highest BCUT2D eigenvalue weighted by atomic mass is 35.5. The Balaban J connectivity index is 0.00000192. The van der Waals surface area contributed by atoms with Gasteiger partial charge in [-0.2, -0.15) is 0 Å². The van der Waals surface area contributed by atoms with Crippen molar-refractivity contribution in [3.63, 3.8) is 0 Å². The van der Waals surface area contributed by atoms with Gasteiger partial charge in [-0.15, -0.1) is 12.4 Å². The third-order valence-electron chi connectivity index (χ3n) is 4.81. The quantitative estimate of drug-likeness (QED) is 0.882. The highest BCUT2D eigenvalue weighted by molar-refractivity contribution is 5.86. The number of benzene rings is 1. The smallest absolute Gasteiger partial charge is 0.239 e. The van der Waals surface area contributed by atoms with Gasteiger partial charge in [0.15, 0.2) is 0 Å². The van der Waals surface area contributed by atoms with Gasteiger partial charge in [0.2, 0.25) is 5.91 Å². The van der Waals surface area contributed by atoms with Gasteiger partial charge in [-0.3, -0.25) is 4.79 Å². The van der Waals surface area contributed by atoms with Crippen LogP contribution < -0.4 is 5.73 Å². The second kappa shape index (κ2) is 7.84. The largest absolute Gasteiger partial charge is 0.361 e. The molecule has 2 aromatic rings. The van der Waals surface area contributed by atoms with Crippen LogP contribution in [0, 0.1) is 5.92 Å². The van der Waals surface area contributed by atoms with Crippen LogP contribution in [0.1, 0.15) is 31.2 Å². The number of hydrogen-bond donors (Lipinski definition) is 2. The van der Waals surface area contributed by atoms with Gasteiger partial charge in [-0.25, -0.2) is 0 Å². The number of carbonyl (C=O) groups is 1. The number of H-pyrrole nitrogens is 1. The normalized spacial score (nSPS) is 16.3. The van der Waals surface area contributed by atoms with Crippen molar-refractivity contribution < 1.29 is 4.79 Å². The summed E-state index contributed by atoms with van der Waals surface area (Å²) in [6, 6.07) is 7.66. The SMILES string of the molecule is CN(CC1CCCC1)C(=O)[C@@H](N)Cc1c[nH]c2ccccc12.Cl. The van der Waals surface area contributed by atoms with Gasteiger partial charge in [0.05, 0.1) is 6.04 Å². The van der Waals surface area contributed by atoms with E-state index in [-0.39, 0.29) is 18.3 Å². The van der Waals surface area contributed by atoms with Crippen LogP contribution >= 0.6 is 12.4 Å². The van der Waals surface area contributed by atoms with E-state index >= 15 is 0 Å². The summed E-state index contributed by atoms with van der Waals surface area (Å²) in [6.07, 6.45) is 7.64. The number of rotatable bonds is 5. The van der Waals surface area contributed by atoms with Gasteiger partial charge in [0.1, 0.15) is 0 Å². The number of likely N-dealkylation sites (N-methyl/N-ethyl adjacent to an activating group) is 1. The molecule has 1 saturated carbocycles. The number of nitrogens with two attached hydrogens (primary N) is 1. The molecule has 1 aromatic heterocycles. The zero-order valence-corrected chi connectivity index (χ0v) is 14.4. The van der Waals surface area contributed by atoms with Crippen LogP contribution in [-0.2, 0) is 11.2 Å². The Morgan fingerprint density at radius 3 is 2.78 bits per heavy atom. The molecule has 1 aliphatic carbocycles. The maximum absolute atomic E-state index is 12.5. The van der Waals surface area contributed by atoms with Crippen molar-refractivity contribution in [1.29, 1.82) is 0 Å². The molecule has 1 amide bonds. The Morgan fingerprint density at radius 1 is 1.35 bits per heavy atom. The van der Waals surface area contributed by atoms with Crippen molar-refractivity contribution in [3.05, 3.63) is 36.0 Å². The monoisotopic (exact) mass is 335 g/mol. The molecule has 3 N–H and O–H groups in total. The van der Waals surface area contributed by atoms with Crippen LogP contribution in [0.4, 0.5) is 0 Å². The van der Waals surface area contributed by atoms with Crippen molar-refractivity contribution >= 4 is 29.2 Å². The summed E-state index contributed by atoms with van der Waals surface area (Å²) in [5, 5.41) is 1.16. The summed E-state index contributed by atoms with van der Waals surface area (Å²) in [7, 11) is 1.88. The molecule has 0 saturated heterocycles. The fourth-order valence-electron chi connectivity index (χ4n) is 3.58. The van der Waals surface area contributed by atoms with E-state index in [2.05, 4.69) is 11.1 Å². The van der Waals surface area contributed by atoms with Gasteiger partial charge in [-0.05, 0) is 36.8 Å². The molecule has 126 valence electrons. The third kappa shape index (κ3) is 4.06. The van der Waals surface area contributed by atoms with Crippen LogP contribution in [0.2, 0.25) is 0 Å². The zero-order chi connectivity index (χ0) is 15.5.